The third kappa shape index (κ3) is 5.88. The molecule has 0 aliphatic heterocycles. The third-order valence-corrected chi connectivity index (χ3v) is 4.31. The van der Waals surface area contributed by atoms with Crippen molar-refractivity contribution in [1.29, 1.82) is 0 Å². The standard InChI is InChI=1S/C19H19IN6O/c1-13-5-6-16(23-12-13)24-18-8-7-17(25-26-18)21-9-10-22-19(27)14-3-2-4-15(20)11-14/h2-8,11-12H,9-10H2,1H3,(H,21,25)(H,22,27)(H,23,24,26). The summed E-state index contributed by atoms with van der Waals surface area (Å²) in [7, 11) is 0. The van der Waals surface area contributed by atoms with Crippen LogP contribution in [0, 0.1) is 10.5 Å². The number of hydrogen-bond acceptors (Lipinski definition) is 6. The number of nitrogens with one attached hydrogen (secondary N) is 3. The quantitative estimate of drug-likeness (QED) is 0.360. The molecule has 2 heterocycles. The molecule has 3 aromatic rings. The molecule has 0 bridgehead atoms. The summed E-state index contributed by atoms with van der Waals surface area (Å²) in [5.74, 6) is 1.88. The first-order valence-electron chi connectivity index (χ1n) is 8.41. The Labute approximate surface area is 171 Å². The van der Waals surface area contributed by atoms with E-state index in [1.807, 2.05) is 49.4 Å². The highest BCUT2D eigenvalue weighted by Crippen LogP contribution is 2.12. The van der Waals surface area contributed by atoms with Gasteiger partial charge >= 0.3 is 0 Å². The lowest BCUT2D eigenvalue weighted by Crippen LogP contribution is -2.28. The van der Waals surface area contributed by atoms with Gasteiger partial charge in [0.1, 0.15) is 11.6 Å². The van der Waals surface area contributed by atoms with Crippen molar-refractivity contribution in [3.05, 3.63) is 69.4 Å². The van der Waals surface area contributed by atoms with Gasteiger partial charge in [0.05, 0.1) is 0 Å². The molecule has 3 N–H and O–H groups in total. The minimum Gasteiger partial charge on any atom is -0.367 e. The Morgan fingerprint density at radius 2 is 1.78 bits per heavy atom. The number of amides is 1. The van der Waals surface area contributed by atoms with Crippen LogP contribution >= 0.6 is 22.6 Å². The number of nitrogens with zero attached hydrogens (tertiary/aromatic N) is 3. The Kier molecular flexibility index (Phi) is 6.53. The molecule has 0 saturated heterocycles. The number of hydrogen-bond donors (Lipinski definition) is 3. The molecule has 27 heavy (non-hydrogen) atoms. The van der Waals surface area contributed by atoms with Gasteiger partial charge < -0.3 is 16.0 Å². The molecule has 1 amide bonds. The van der Waals surface area contributed by atoms with Gasteiger partial charge in [-0.25, -0.2) is 4.98 Å². The lowest BCUT2D eigenvalue weighted by Gasteiger charge is -2.08. The van der Waals surface area contributed by atoms with E-state index in [4.69, 9.17) is 0 Å². The van der Waals surface area contributed by atoms with Crippen LogP contribution in [-0.2, 0) is 0 Å². The molecule has 0 radical (unpaired) electrons. The van der Waals surface area contributed by atoms with Gasteiger partial charge in [-0.3, -0.25) is 4.79 Å². The van der Waals surface area contributed by atoms with Crippen molar-refractivity contribution < 1.29 is 4.79 Å². The fourth-order valence-corrected chi connectivity index (χ4v) is 2.81. The van der Waals surface area contributed by atoms with Crippen LogP contribution in [0.15, 0.2) is 54.7 Å². The number of aryl methyl sites for hydroxylation is 1. The van der Waals surface area contributed by atoms with Crippen molar-refractivity contribution in [2.45, 2.75) is 6.92 Å². The maximum atomic E-state index is 12.1. The van der Waals surface area contributed by atoms with Crippen molar-refractivity contribution in [1.82, 2.24) is 20.5 Å². The van der Waals surface area contributed by atoms with Gasteiger partial charge in [-0.2, -0.15) is 0 Å². The van der Waals surface area contributed by atoms with Crippen LogP contribution in [-0.4, -0.2) is 34.2 Å². The monoisotopic (exact) mass is 474 g/mol. The van der Waals surface area contributed by atoms with Gasteiger partial charge in [0, 0.05) is 28.4 Å². The zero-order valence-electron chi connectivity index (χ0n) is 14.7. The number of benzene rings is 1. The smallest absolute Gasteiger partial charge is 0.251 e. The molecular formula is C19H19IN6O. The van der Waals surface area contributed by atoms with Crippen LogP contribution < -0.4 is 16.0 Å². The van der Waals surface area contributed by atoms with E-state index in [-0.39, 0.29) is 5.91 Å². The molecule has 0 unspecified atom stereocenters. The Morgan fingerprint density at radius 3 is 2.48 bits per heavy atom. The predicted octanol–water partition coefficient (Wildman–Crippen LogP) is 3.37. The lowest BCUT2D eigenvalue weighted by atomic mass is 10.2. The van der Waals surface area contributed by atoms with E-state index < -0.39 is 0 Å². The second kappa shape index (κ2) is 9.26. The first kappa shape index (κ1) is 19.0. The number of anilines is 3. The summed E-state index contributed by atoms with van der Waals surface area (Å²) >= 11 is 2.19. The summed E-state index contributed by atoms with van der Waals surface area (Å²) in [6, 6.07) is 15.0. The number of halogens is 1. The number of carbonyl (C=O) groups excluding carboxylic acids is 1. The zero-order valence-corrected chi connectivity index (χ0v) is 16.9. The van der Waals surface area contributed by atoms with Crippen LogP contribution in [0.25, 0.3) is 0 Å². The molecule has 0 saturated carbocycles. The third-order valence-electron chi connectivity index (χ3n) is 3.64. The molecule has 0 spiro atoms. The molecule has 3 rings (SSSR count). The van der Waals surface area contributed by atoms with Crippen molar-refractivity contribution >= 4 is 46.0 Å². The maximum Gasteiger partial charge on any atom is 0.251 e. The summed E-state index contributed by atoms with van der Waals surface area (Å²) in [5.41, 5.74) is 1.75. The summed E-state index contributed by atoms with van der Waals surface area (Å²) in [4.78, 5) is 16.3. The first-order chi connectivity index (χ1) is 13.1. The van der Waals surface area contributed by atoms with E-state index in [2.05, 4.69) is 53.7 Å². The van der Waals surface area contributed by atoms with Crippen LogP contribution in [0.5, 0.6) is 0 Å². The van der Waals surface area contributed by atoms with E-state index in [1.54, 1.807) is 12.3 Å². The lowest BCUT2D eigenvalue weighted by molar-refractivity contribution is 0.0955. The van der Waals surface area contributed by atoms with Crippen molar-refractivity contribution in [3.63, 3.8) is 0 Å². The normalized spacial score (nSPS) is 10.3. The average molecular weight is 474 g/mol. The molecule has 7 nitrogen and oxygen atoms in total. The fraction of sp³-hybridized carbons (Fsp3) is 0.158. The molecule has 0 fully saturated rings. The van der Waals surface area contributed by atoms with E-state index in [0.717, 1.165) is 9.13 Å². The highest BCUT2D eigenvalue weighted by atomic mass is 127. The highest BCUT2D eigenvalue weighted by Gasteiger charge is 2.05. The molecule has 1 aromatic carbocycles. The Bertz CT molecular complexity index is 899. The Hall–Kier alpha value is -2.75. The highest BCUT2D eigenvalue weighted by molar-refractivity contribution is 14.1. The van der Waals surface area contributed by atoms with Crippen LogP contribution in [0.4, 0.5) is 17.5 Å². The fourth-order valence-electron chi connectivity index (χ4n) is 2.26. The van der Waals surface area contributed by atoms with E-state index in [0.29, 0.717) is 36.1 Å². The van der Waals surface area contributed by atoms with Gasteiger partial charge in [0.25, 0.3) is 5.91 Å². The molecule has 0 aliphatic rings. The molecule has 2 aromatic heterocycles. The first-order valence-corrected chi connectivity index (χ1v) is 9.49. The maximum absolute atomic E-state index is 12.1. The second-order valence-electron chi connectivity index (χ2n) is 5.84. The van der Waals surface area contributed by atoms with Gasteiger partial charge in [0.15, 0.2) is 5.82 Å². The number of carbonyl (C=O) groups is 1. The second-order valence-corrected chi connectivity index (χ2v) is 7.09. The molecule has 0 aliphatic carbocycles. The minimum atomic E-state index is -0.0912. The molecule has 0 atom stereocenters. The largest absolute Gasteiger partial charge is 0.367 e. The van der Waals surface area contributed by atoms with Gasteiger partial charge in [0.2, 0.25) is 0 Å². The van der Waals surface area contributed by atoms with E-state index >= 15 is 0 Å². The summed E-state index contributed by atoms with van der Waals surface area (Å²) in [6.45, 7) is 3.02. The Balaban J connectivity index is 1.43. The molecule has 138 valence electrons. The minimum absolute atomic E-state index is 0.0912. The topological polar surface area (TPSA) is 91.8 Å². The van der Waals surface area contributed by atoms with Gasteiger partial charge in [-0.15, -0.1) is 10.2 Å². The van der Waals surface area contributed by atoms with Crippen LogP contribution in [0.2, 0.25) is 0 Å². The van der Waals surface area contributed by atoms with Crippen molar-refractivity contribution in [3.8, 4) is 0 Å². The van der Waals surface area contributed by atoms with Crippen molar-refractivity contribution in [2.75, 3.05) is 23.7 Å². The summed E-state index contributed by atoms with van der Waals surface area (Å²) < 4.78 is 1.03. The van der Waals surface area contributed by atoms with Crippen molar-refractivity contribution in [2.24, 2.45) is 0 Å². The van der Waals surface area contributed by atoms with E-state index in [9.17, 15) is 4.79 Å². The van der Waals surface area contributed by atoms with Crippen LogP contribution in [0.1, 0.15) is 15.9 Å². The van der Waals surface area contributed by atoms with Gasteiger partial charge in [-0.05, 0) is 71.5 Å². The summed E-state index contributed by atoms with van der Waals surface area (Å²) in [5, 5.41) is 17.3. The average Bonchev–Trinajstić information content (AvgIpc) is 2.68. The number of rotatable bonds is 7. The summed E-state index contributed by atoms with van der Waals surface area (Å²) in [6.07, 6.45) is 1.79. The zero-order chi connectivity index (χ0) is 19.1. The Morgan fingerprint density at radius 1 is 1.00 bits per heavy atom. The molecular weight excluding hydrogens is 455 g/mol. The SMILES string of the molecule is Cc1ccc(Nc2ccc(NCCNC(=O)c3cccc(I)c3)nn2)nc1. The number of pyridine rings is 1. The van der Waals surface area contributed by atoms with Crippen LogP contribution in [0.3, 0.4) is 0 Å². The van der Waals surface area contributed by atoms with Gasteiger partial charge in [-0.1, -0.05) is 12.1 Å². The predicted molar refractivity (Wildman–Crippen MR) is 114 cm³/mol. The molecule has 8 heteroatoms. The van der Waals surface area contributed by atoms with E-state index in [1.165, 1.54) is 0 Å². The number of aromatic nitrogens is 3.